The monoisotopic (exact) mass is 418 g/mol. The fourth-order valence-corrected chi connectivity index (χ4v) is 3.84. The van der Waals surface area contributed by atoms with E-state index in [9.17, 15) is 0 Å². The number of halogens is 2. The van der Waals surface area contributed by atoms with E-state index in [0.29, 0.717) is 13.2 Å². The molecule has 0 fully saturated rings. The zero-order valence-electron chi connectivity index (χ0n) is 11.6. The number of fused-ring (bicyclic) bond motifs is 2. The van der Waals surface area contributed by atoms with Crippen molar-refractivity contribution >= 4 is 43.0 Å². The maximum atomic E-state index is 5.80. The molecule has 0 aliphatic carbocycles. The number of para-hydroxylation sites is 2. The normalized spacial score (nSPS) is 15.7. The molecule has 0 aromatic heterocycles. The van der Waals surface area contributed by atoms with Gasteiger partial charge in [0.2, 0.25) is 0 Å². The zero-order chi connectivity index (χ0) is 15.1. The molecule has 0 atom stereocenters. The lowest BCUT2D eigenvalue weighted by Gasteiger charge is -2.25. The van der Waals surface area contributed by atoms with E-state index in [2.05, 4.69) is 56.1 Å². The Morgan fingerprint density at radius 2 is 1.14 bits per heavy atom. The van der Waals surface area contributed by atoms with Crippen LogP contribution in [0.15, 0.2) is 57.5 Å². The Hall–Kier alpha value is -1.52. The van der Waals surface area contributed by atoms with Crippen molar-refractivity contribution in [3.8, 4) is 11.5 Å². The summed E-state index contributed by atoms with van der Waals surface area (Å²) >= 11 is 7.15. The van der Waals surface area contributed by atoms with Gasteiger partial charge in [-0.1, -0.05) is 24.3 Å². The molecule has 4 heteroatoms. The zero-order valence-corrected chi connectivity index (χ0v) is 14.8. The first-order chi connectivity index (χ1) is 10.8. The molecule has 0 amide bonds. The minimum atomic E-state index is 0.576. The lowest BCUT2D eigenvalue weighted by molar-refractivity contribution is 0.352. The summed E-state index contributed by atoms with van der Waals surface area (Å²) in [5.41, 5.74) is 4.62. The highest BCUT2D eigenvalue weighted by atomic mass is 79.9. The molecule has 2 aromatic rings. The highest BCUT2D eigenvalue weighted by molar-refractivity contribution is 9.10. The molecular formula is C18H12Br2O2. The third kappa shape index (κ3) is 2.22. The maximum absolute atomic E-state index is 5.80. The second kappa shape index (κ2) is 5.60. The summed E-state index contributed by atoms with van der Waals surface area (Å²) < 4.78 is 13.6. The average molecular weight is 420 g/mol. The Balaban J connectivity index is 1.88. The van der Waals surface area contributed by atoms with Crippen molar-refractivity contribution in [2.75, 3.05) is 13.2 Å². The van der Waals surface area contributed by atoms with Crippen LogP contribution in [0.2, 0.25) is 0 Å². The van der Waals surface area contributed by atoms with Gasteiger partial charge in [-0.2, -0.15) is 0 Å². The van der Waals surface area contributed by atoms with Gasteiger partial charge in [-0.25, -0.2) is 0 Å². The van der Waals surface area contributed by atoms with E-state index >= 15 is 0 Å². The van der Waals surface area contributed by atoms with Crippen molar-refractivity contribution in [2.24, 2.45) is 0 Å². The molecule has 0 spiro atoms. The van der Waals surface area contributed by atoms with E-state index in [1.807, 2.05) is 24.3 Å². The second-order valence-corrected chi connectivity index (χ2v) is 6.80. The highest BCUT2D eigenvalue weighted by Gasteiger charge is 2.24. The number of hydrogen-bond acceptors (Lipinski definition) is 2. The standard InChI is InChI=1S/C18H12Br2O2/c19-15-5-1-3-13-11(7-9-21-17(13)15)12-8-10-22-18-14(12)4-2-6-16(18)20/h1-8H,9-10H2. The molecule has 22 heavy (non-hydrogen) atoms. The van der Waals surface area contributed by atoms with Gasteiger partial charge in [0.05, 0.1) is 8.95 Å². The maximum Gasteiger partial charge on any atom is 0.141 e. The van der Waals surface area contributed by atoms with Crippen LogP contribution < -0.4 is 9.47 Å². The van der Waals surface area contributed by atoms with Crippen molar-refractivity contribution in [3.05, 3.63) is 68.6 Å². The summed E-state index contributed by atoms with van der Waals surface area (Å²) in [6.45, 7) is 1.15. The molecule has 0 bridgehead atoms. The molecule has 4 rings (SSSR count). The molecule has 2 aromatic carbocycles. The van der Waals surface area contributed by atoms with Gasteiger partial charge in [-0.3, -0.25) is 0 Å². The highest BCUT2D eigenvalue weighted by Crippen LogP contribution is 2.46. The number of benzene rings is 2. The Morgan fingerprint density at radius 1 is 0.682 bits per heavy atom. The number of ether oxygens (including phenoxy) is 2. The number of rotatable bonds is 1. The van der Waals surface area contributed by atoms with Gasteiger partial charge in [0.1, 0.15) is 24.7 Å². The molecule has 2 aliphatic heterocycles. The molecule has 110 valence electrons. The van der Waals surface area contributed by atoms with E-state index in [4.69, 9.17) is 9.47 Å². The van der Waals surface area contributed by atoms with Crippen LogP contribution >= 0.6 is 31.9 Å². The van der Waals surface area contributed by atoms with E-state index in [-0.39, 0.29) is 0 Å². The van der Waals surface area contributed by atoms with Gasteiger partial charge >= 0.3 is 0 Å². The predicted octanol–water partition coefficient (Wildman–Crippen LogP) is 5.46. The van der Waals surface area contributed by atoms with Crippen LogP contribution in [-0.2, 0) is 0 Å². The van der Waals surface area contributed by atoms with Gasteiger partial charge < -0.3 is 9.47 Å². The van der Waals surface area contributed by atoms with E-state index in [1.54, 1.807) is 0 Å². The van der Waals surface area contributed by atoms with E-state index < -0.39 is 0 Å². The van der Waals surface area contributed by atoms with E-state index in [1.165, 1.54) is 11.1 Å². The summed E-state index contributed by atoms with van der Waals surface area (Å²) in [6, 6.07) is 12.3. The second-order valence-electron chi connectivity index (χ2n) is 5.09. The third-order valence-corrected chi connectivity index (χ3v) is 5.08. The Labute approximate surface area is 145 Å². The molecule has 2 aliphatic rings. The Kier molecular flexibility index (Phi) is 3.59. The van der Waals surface area contributed by atoms with Gasteiger partial charge in [0.15, 0.2) is 0 Å². The minimum Gasteiger partial charge on any atom is -0.488 e. The summed E-state index contributed by atoms with van der Waals surface area (Å²) in [6.07, 6.45) is 4.27. The molecule has 0 saturated heterocycles. The van der Waals surface area contributed by atoms with Crippen LogP contribution in [0, 0.1) is 0 Å². The van der Waals surface area contributed by atoms with Crippen LogP contribution in [-0.4, -0.2) is 13.2 Å². The first kappa shape index (κ1) is 14.1. The first-order valence-corrected chi connectivity index (χ1v) is 8.58. The lowest BCUT2D eigenvalue weighted by Crippen LogP contribution is -2.10. The van der Waals surface area contributed by atoms with Gasteiger partial charge in [0.25, 0.3) is 0 Å². The molecule has 2 nitrogen and oxygen atoms in total. The van der Waals surface area contributed by atoms with E-state index in [0.717, 1.165) is 31.6 Å². The predicted molar refractivity (Wildman–Crippen MR) is 95.2 cm³/mol. The molecule has 0 radical (unpaired) electrons. The van der Waals surface area contributed by atoms with Crippen LogP contribution in [0.5, 0.6) is 11.5 Å². The van der Waals surface area contributed by atoms with Crippen LogP contribution in [0.25, 0.3) is 11.1 Å². The number of hydrogen-bond donors (Lipinski definition) is 0. The lowest BCUT2D eigenvalue weighted by atomic mass is 9.89. The summed E-state index contributed by atoms with van der Waals surface area (Å²) in [5, 5.41) is 0. The smallest absolute Gasteiger partial charge is 0.141 e. The quantitative estimate of drug-likeness (QED) is 0.610. The van der Waals surface area contributed by atoms with Crippen molar-refractivity contribution in [2.45, 2.75) is 0 Å². The van der Waals surface area contributed by atoms with Crippen molar-refractivity contribution in [1.29, 1.82) is 0 Å². The Bertz CT molecular complexity index is 752. The summed E-state index contributed by atoms with van der Waals surface area (Å²) in [4.78, 5) is 0. The largest absolute Gasteiger partial charge is 0.488 e. The fraction of sp³-hybridized carbons (Fsp3) is 0.111. The molecule has 0 unspecified atom stereocenters. The van der Waals surface area contributed by atoms with Gasteiger partial charge in [-0.15, -0.1) is 0 Å². The SMILES string of the molecule is Brc1cccc2c1OCC=C2C1=CCOc2c(Br)cccc21. The van der Waals surface area contributed by atoms with Gasteiger partial charge in [-0.05, 0) is 67.3 Å². The number of allylic oxidation sites excluding steroid dienone is 2. The molecule has 0 N–H and O–H groups in total. The topological polar surface area (TPSA) is 18.5 Å². The summed E-state index contributed by atoms with van der Waals surface area (Å²) in [7, 11) is 0. The van der Waals surface area contributed by atoms with Gasteiger partial charge in [0, 0.05) is 11.1 Å². The Morgan fingerprint density at radius 3 is 1.59 bits per heavy atom. The molecule has 2 heterocycles. The molecule has 0 saturated carbocycles. The van der Waals surface area contributed by atoms with Crippen LogP contribution in [0.3, 0.4) is 0 Å². The van der Waals surface area contributed by atoms with Crippen molar-refractivity contribution in [1.82, 2.24) is 0 Å². The van der Waals surface area contributed by atoms with Crippen molar-refractivity contribution < 1.29 is 9.47 Å². The third-order valence-electron chi connectivity index (χ3n) is 3.83. The van der Waals surface area contributed by atoms with Crippen molar-refractivity contribution in [3.63, 3.8) is 0 Å². The van der Waals surface area contributed by atoms with Crippen LogP contribution in [0.4, 0.5) is 0 Å². The fourth-order valence-electron chi connectivity index (χ4n) is 2.88. The minimum absolute atomic E-state index is 0.576. The average Bonchev–Trinajstić information content (AvgIpc) is 2.55. The molecular weight excluding hydrogens is 408 g/mol. The summed E-state index contributed by atoms with van der Waals surface area (Å²) in [5.74, 6) is 1.81. The van der Waals surface area contributed by atoms with Crippen LogP contribution in [0.1, 0.15) is 11.1 Å². The first-order valence-electron chi connectivity index (χ1n) is 7.00.